The number of hydrogen-bond acceptors (Lipinski definition) is 3. The first kappa shape index (κ1) is 21.6. The maximum absolute atomic E-state index is 12.1. The minimum absolute atomic E-state index is 0.166. The molecule has 1 fully saturated rings. The Balaban J connectivity index is 0.00000112. The Hall–Kier alpha value is -1.40. The maximum atomic E-state index is 12.1. The second-order valence-electron chi connectivity index (χ2n) is 4.82. The molecule has 0 aliphatic heterocycles. The van der Waals surface area contributed by atoms with Crippen LogP contribution in [0.15, 0.2) is 35.2 Å². The molecule has 0 heterocycles. The van der Waals surface area contributed by atoms with Gasteiger partial charge < -0.3 is 5.11 Å². The van der Waals surface area contributed by atoms with Crippen LogP contribution in [-0.4, -0.2) is 25.5 Å². The van der Waals surface area contributed by atoms with E-state index in [0.717, 1.165) is 0 Å². The molecule has 1 aliphatic carbocycles. The Morgan fingerprint density at radius 3 is 1.91 bits per heavy atom. The summed E-state index contributed by atoms with van der Waals surface area (Å²) in [5, 5.41) is 8.90. The monoisotopic (exact) mass is 343 g/mol. The van der Waals surface area contributed by atoms with Crippen LogP contribution in [0.1, 0.15) is 53.4 Å². The highest BCUT2D eigenvalue weighted by molar-refractivity contribution is 7.89. The van der Waals surface area contributed by atoms with Gasteiger partial charge in [0.2, 0.25) is 10.0 Å². The molecule has 0 spiro atoms. The van der Waals surface area contributed by atoms with Crippen LogP contribution in [0.5, 0.6) is 0 Å². The number of carboxylic acid groups (broad SMARTS) is 1. The number of rotatable bonds is 4. The molecule has 1 aliphatic rings. The smallest absolute Gasteiger partial charge is 0.306 e. The molecule has 0 radical (unpaired) electrons. The van der Waals surface area contributed by atoms with E-state index in [2.05, 4.69) is 4.72 Å². The Morgan fingerprint density at radius 1 is 1.00 bits per heavy atom. The third-order valence-corrected chi connectivity index (χ3v) is 4.99. The van der Waals surface area contributed by atoms with Crippen molar-refractivity contribution >= 4 is 16.0 Å². The summed E-state index contributed by atoms with van der Waals surface area (Å²) >= 11 is 0. The zero-order chi connectivity index (χ0) is 17.9. The van der Waals surface area contributed by atoms with E-state index in [9.17, 15) is 13.2 Å². The number of nitrogens with one attached hydrogen (secondary N) is 1. The number of sulfonamides is 1. The molecule has 1 saturated carbocycles. The van der Waals surface area contributed by atoms with Gasteiger partial charge in [0.25, 0.3) is 0 Å². The minimum atomic E-state index is -3.50. The fraction of sp³-hybridized carbons (Fsp3) is 0.588. The van der Waals surface area contributed by atoms with Gasteiger partial charge in [0.1, 0.15) is 0 Å². The van der Waals surface area contributed by atoms with Crippen LogP contribution in [0.25, 0.3) is 0 Å². The Bertz CT molecular complexity index is 535. The topological polar surface area (TPSA) is 83.5 Å². The highest BCUT2D eigenvalue weighted by atomic mass is 32.2. The van der Waals surface area contributed by atoms with Crippen molar-refractivity contribution in [2.24, 2.45) is 5.92 Å². The van der Waals surface area contributed by atoms with Crippen LogP contribution in [0, 0.1) is 5.92 Å². The van der Waals surface area contributed by atoms with E-state index in [1.807, 2.05) is 27.7 Å². The normalized spacial score (nSPS) is 20.3. The van der Waals surface area contributed by atoms with Gasteiger partial charge in [-0.15, -0.1) is 0 Å². The predicted octanol–water partition coefficient (Wildman–Crippen LogP) is 3.66. The van der Waals surface area contributed by atoms with Crippen LogP contribution in [0.2, 0.25) is 0 Å². The Morgan fingerprint density at radius 2 is 1.48 bits per heavy atom. The van der Waals surface area contributed by atoms with Crippen molar-refractivity contribution < 1.29 is 18.3 Å². The van der Waals surface area contributed by atoms with Crippen LogP contribution >= 0.6 is 0 Å². The summed E-state index contributed by atoms with van der Waals surface area (Å²) in [4.78, 5) is 11.1. The molecule has 0 atom stereocenters. The van der Waals surface area contributed by atoms with E-state index < -0.39 is 16.0 Å². The van der Waals surface area contributed by atoms with Crippen molar-refractivity contribution in [2.75, 3.05) is 0 Å². The van der Waals surface area contributed by atoms with Gasteiger partial charge in [-0.25, -0.2) is 13.1 Å². The van der Waals surface area contributed by atoms with E-state index in [1.165, 1.54) is 0 Å². The summed E-state index contributed by atoms with van der Waals surface area (Å²) in [7, 11) is -3.50. The zero-order valence-corrected chi connectivity index (χ0v) is 15.3. The van der Waals surface area contributed by atoms with Crippen molar-refractivity contribution in [2.45, 2.75) is 64.3 Å². The quantitative estimate of drug-likeness (QED) is 0.874. The lowest BCUT2D eigenvalue weighted by Gasteiger charge is -2.26. The van der Waals surface area contributed by atoms with E-state index in [-0.39, 0.29) is 16.9 Å². The van der Waals surface area contributed by atoms with Gasteiger partial charge in [0.15, 0.2) is 0 Å². The van der Waals surface area contributed by atoms with Gasteiger partial charge in [-0.2, -0.15) is 0 Å². The number of aliphatic carboxylic acids is 1. The summed E-state index contributed by atoms with van der Waals surface area (Å²) in [6.45, 7) is 8.00. The van der Waals surface area contributed by atoms with E-state index >= 15 is 0 Å². The molecule has 132 valence electrons. The first-order valence-electron chi connectivity index (χ1n) is 8.29. The standard InChI is InChI=1S/C13H17NO4S.2C2H6/c15-13(16)10-6-8-11(9-7-10)14-19(17,18)12-4-2-1-3-5-12;2*1-2/h1-5,10-11,14H,6-9H2,(H,15,16);2*1-2H3. The van der Waals surface area contributed by atoms with Crippen molar-refractivity contribution in [3.05, 3.63) is 30.3 Å². The molecule has 1 aromatic carbocycles. The van der Waals surface area contributed by atoms with Crippen molar-refractivity contribution in [3.63, 3.8) is 0 Å². The largest absolute Gasteiger partial charge is 0.481 e. The van der Waals surface area contributed by atoms with Crippen molar-refractivity contribution in [3.8, 4) is 0 Å². The fourth-order valence-electron chi connectivity index (χ4n) is 2.35. The second kappa shape index (κ2) is 11.2. The van der Waals surface area contributed by atoms with Crippen LogP contribution in [0.3, 0.4) is 0 Å². The van der Waals surface area contributed by atoms with Crippen LogP contribution < -0.4 is 4.72 Å². The van der Waals surface area contributed by atoms with E-state index in [1.54, 1.807) is 30.3 Å². The maximum Gasteiger partial charge on any atom is 0.306 e. The first-order valence-corrected chi connectivity index (χ1v) is 9.77. The predicted molar refractivity (Wildman–Crippen MR) is 92.8 cm³/mol. The average molecular weight is 343 g/mol. The van der Waals surface area contributed by atoms with Gasteiger partial charge in [-0.05, 0) is 37.8 Å². The van der Waals surface area contributed by atoms with E-state index in [4.69, 9.17) is 5.11 Å². The third kappa shape index (κ3) is 7.14. The van der Waals surface area contributed by atoms with Crippen LogP contribution in [0.4, 0.5) is 0 Å². The van der Waals surface area contributed by atoms with Crippen molar-refractivity contribution in [1.82, 2.24) is 4.72 Å². The lowest BCUT2D eigenvalue weighted by atomic mass is 9.87. The fourth-order valence-corrected chi connectivity index (χ4v) is 3.67. The molecule has 23 heavy (non-hydrogen) atoms. The van der Waals surface area contributed by atoms with Gasteiger partial charge in [-0.1, -0.05) is 45.9 Å². The number of benzene rings is 1. The molecule has 6 heteroatoms. The molecule has 0 amide bonds. The van der Waals surface area contributed by atoms with Crippen LogP contribution in [-0.2, 0) is 14.8 Å². The van der Waals surface area contributed by atoms with Gasteiger partial charge in [0.05, 0.1) is 10.8 Å². The molecule has 0 saturated heterocycles. The number of carboxylic acids is 1. The lowest BCUT2D eigenvalue weighted by molar-refractivity contribution is -0.142. The molecule has 0 aromatic heterocycles. The van der Waals surface area contributed by atoms with Gasteiger partial charge >= 0.3 is 5.97 Å². The summed E-state index contributed by atoms with van der Waals surface area (Å²) in [6, 6.07) is 8.04. The molecule has 0 unspecified atom stereocenters. The number of hydrogen-bond donors (Lipinski definition) is 2. The summed E-state index contributed by atoms with van der Waals surface area (Å²) in [5.74, 6) is -1.12. The molecular weight excluding hydrogens is 314 g/mol. The molecule has 1 aromatic rings. The lowest BCUT2D eigenvalue weighted by Crippen LogP contribution is -2.38. The van der Waals surface area contributed by atoms with Gasteiger partial charge in [0, 0.05) is 6.04 Å². The molecule has 0 bridgehead atoms. The zero-order valence-electron chi connectivity index (χ0n) is 14.5. The average Bonchev–Trinajstić information content (AvgIpc) is 2.59. The SMILES string of the molecule is CC.CC.O=C(O)C1CCC(NS(=O)(=O)c2ccccc2)CC1. The van der Waals surface area contributed by atoms with Crippen molar-refractivity contribution in [1.29, 1.82) is 0 Å². The second-order valence-corrected chi connectivity index (χ2v) is 6.54. The highest BCUT2D eigenvalue weighted by Crippen LogP contribution is 2.25. The molecule has 2 rings (SSSR count). The molecule has 2 N–H and O–H groups in total. The van der Waals surface area contributed by atoms with E-state index in [0.29, 0.717) is 25.7 Å². The highest BCUT2D eigenvalue weighted by Gasteiger charge is 2.28. The number of carbonyl (C=O) groups is 1. The Kier molecular flexibility index (Phi) is 10.5. The summed E-state index contributed by atoms with van der Waals surface area (Å²) in [5.41, 5.74) is 0. The summed E-state index contributed by atoms with van der Waals surface area (Å²) in [6.07, 6.45) is 2.20. The third-order valence-electron chi connectivity index (χ3n) is 3.45. The minimum Gasteiger partial charge on any atom is -0.481 e. The first-order chi connectivity index (χ1) is 11.0. The molecule has 5 nitrogen and oxygen atoms in total. The molecular formula is C17H29NO4S. The van der Waals surface area contributed by atoms with Gasteiger partial charge in [-0.3, -0.25) is 4.79 Å². The summed E-state index contributed by atoms with van der Waals surface area (Å²) < 4.78 is 26.8. The Labute approximate surface area is 140 Å².